The number of hydrogen-bond acceptors (Lipinski definition) is 4. The lowest BCUT2D eigenvalue weighted by Gasteiger charge is -2.08. The van der Waals surface area contributed by atoms with Gasteiger partial charge in [0, 0.05) is 29.0 Å². The Morgan fingerprint density at radius 3 is 2.50 bits per heavy atom. The highest BCUT2D eigenvalue weighted by Gasteiger charge is 2.12. The van der Waals surface area contributed by atoms with Crippen LogP contribution >= 0.6 is 11.6 Å². The number of nitriles is 1. The highest BCUT2D eigenvalue weighted by molar-refractivity contribution is 6.31. The summed E-state index contributed by atoms with van der Waals surface area (Å²) in [5, 5.41) is 14.8. The van der Waals surface area contributed by atoms with E-state index in [-0.39, 0.29) is 18.1 Å². The number of pyridine rings is 1. The molecule has 3 rings (SSSR count). The molecule has 2 amide bonds. The van der Waals surface area contributed by atoms with E-state index in [4.69, 9.17) is 16.9 Å². The fraction of sp³-hybridized carbons (Fsp3) is 0.0476. The van der Waals surface area contributed by atoms with Crippen LogP contribution in [-0.2, 0) is 6.54 Å². The minimum atomic E-state index is -0.453. The molecule has 2 aromatic carbocycles. The standard InChI is InChI=1S/C21H15ClN4O2/c22-18-4-2-1-3-16(18)13-25-20(27)15-9-10-24-19(11-15)21(28)26-17-7-5-14(12-23)6-8-17/h1-11H,13H2,(H,25,27)(H,26,28). The Kier molecular flexibility index (Phi) is 6.00. The van der Waals surface area contributed by atoms with Crippen LogP contribution in [0.1, 0.15) is 32.0 Å². The van der Waals surface area contributed by atoms with E-state index in [1.807, 2.05) is 24.3 Å². The Balaban J connectivity index is 1.67. The van der Waals surface area contributed by atoms with Gasteiger partial charge in [0.15, 0.2) is 0 Å². The highest BCUT2D eigenvalue weighted by atomic mass is 35.5. The largest absolute Gasteiger partial charge is 0.348 e. The van der Waals surface area contributed by atoms with Crippen LogP contribution in [0.3, 0.4) is 0 Å². The molecule has 0 bridgehead atoms. The zero-order chi connectivity index (χ0) is 19.9. The van der Waals surface area contributed by atoms with Gasteiger partial charge in [-0.05, 0) is 48.0 Å². The number of aromatic nitrogens is 1. The fourth-order valence-electron chi connectivity index (χ4n) is 2.44. The molecule has 0 saturated heterocycles. The molecule has 138 valence electrons. The molecule has 0 unspecified atom stereocenters. The summed E-state index contributed by atoms with van der Waals surface area (Å²) in [4.78, 5) is 28.8. The second-order valence-electron chi connectivity index (χ2n) is 5.85. The van der Waals surface area contributed by atoms with E-state index in [1.165, 1.54) is 18.3 Å². The molecule has 0 radical (unpaired) electrons. The summed E-state index contributed by atoms with van der Waals surface area (Å²) in [6, 6.07) is 18.6. The summed E-state index contributed by atoms with van der Waals surface area (Å²) in [7, 11) is 0. The summed E-state index contributed by atoms with van der Waals surface area (Å²) in [6.07, 6.45) is 1.40. The van der Waals surface area contributed by atoms with Gasteiger partial charge >= 0.3 is 0 Å². The molecule has 0 saturated carbocycles. The number of carbonyl (C=O) groups is 2. The molecule has 28 heavy (non-hydrogen) atoms. The van der Waals surface area contributed by atoms with Crippen molar-refractivity contribution in [3.63, 3.8) is 0 Å². The quantitative estimate of drug-likeness (QED) is 0.692. The van der Waals surface area contributed by atoms with Crippen LogP contribution in [-0.4, -0.2) is 16.8 Å². The van der Waals surface area contributed by atoms with Gasteiger partial charge in [0.25, 0.3) is 11.8 Å². The van der Waals surface area contributed by atoms with Crippen molar-refractivity contribution in [1.82, 2.24) is 10.3 Å². The van der Waals surface area contributed by atoms with Gasteiger partial charge in [0.1, 0.15) is 5.69 Å². The van der Waals surface area contributed by atoms with Crippen molar-refractivity contribution in [2.45, 2.75) is 6.54 Å². The van der Waals surface area contributed by atoms with Crippen molar-refractivity contribution in [3.8, 4) is 6.07 Å². The van der Waals surface area contributed by atoms with Crippen molar-refractivity contribution < 1.29 is 9.59 Å². The second kappa shape index (κ2) is 8.80. The summed E-state index contributed by atoms with van der Waals surface area (Å²) in [6.45, 7) is 0.271. The first-order valence-corrected chi connectivity index (χ1v) is 8.74. The number of nitrogens with one attached hydrogen (secondary N) is 2. The van der Waals surface area contributed by atoms with Gasteiger partial charge < -0.3 is 10.6 Å². The minimum Gasteiger partial charge on any atom is -0.348 e. The highest BCUT2D eigenvalue weighted by Crippen LogP contribution is 2.15. The van der Waals surface area contributed by atoms with Crippen LogP contribution in [0.4, 0.5) is 5.69 Å². The van der Waals surface area contributed by atoms with Gasteiger partial charge in [-0.3, -0.25) is 14.6 Å². The van der Waals surface area contributed by atoms with E-state index in [0.717, 1.165) is 5.56 Å². The molecule has 0 aliphatic heterocycles. The van der Waals surface area contributed by atoms with Crippen LogP contribution in [0.15, 0.2) is 66.9 Å². The first-order chi connectivity index (χ1) is 13.6. The average Bonchev–Trinajstić information content (AvgIpc) is 2.73. The molecule has 3 aromatic rings. The SMILES string of the molecule is N#Cc1ccc(NC(=O)c2cc(C(=O)NCc3ccccc3Cl)ccn2)cc1. The van der Waals surface area contributed by atoms with Crippen molar-refractivity contribution in [2.24, 2.45) is 0 Å². The lowest BCUT2D eigenvalue weighted by atomic mass is 10.2. The number of nitrogens with zero attached hydrogens (tertiary/aromatic N) is 2. The second-order valence-corrected chi connectivity index (χ2v) is 6.25. The van der Waals surface area contributed by atoms with Gasteiger partial charge in [-0.15, -0.1) is 0 Å². The van der Waals surface area contributed by atoms with Gasteiger partial charge in [0.05, 0.1) is 11.6 Å². The third-order valence-corrected chi connectivity index (χ3v) is 4.29. The molecule has 0 fully saturated rings. The summed E-state index contributed by atoms with van der Waals surface area (Å²) < 4.78 is 0. The van der Waals surface area contributed by atoms with Gasteiger partial charge in [0.2, 0.25) is 0 Å². The van der Waals surface area contributed by atoms with E-state index in [0.29, 0.717) is 21.8 Å². The molecular weight excluding hydrogens is 376 g/mol. The number of anilines is 1. The molecule has 0 spiro atoms. The number of benzene rings is 2. The van der Waals surface area contributed by atoms with Gasteiger partial charge in [-0.2, -0.15) is 5.26 Å². The molecule has 0 atom stereocenters. The van der Waals surface area contributed by atoms with Crippen LogP contribution in [0.2, 0.25) is 5.02 Å². The average molecular weight is 391 g/mol. The summed E-state index contributed by atoms with van der Waals surface area (Å²) in [5.74, 6) is -0.791. The normalized spacial score (nSPS) is 10.0. The molecular formula is C21H15ClN4O2. The van der Waals surface area contributed by atoms with Crippen molar-refractivity contribution >= 4 is 29.1 Å². The molecule has 0 aliphatic rings. The first kappa shape index (κ1) is 19.1. The van der Waals surface area contributed by atoms with E-state index < -0.39 is 5.91 Å². The topological polar surface area (TPSA) is 94.9 Å². The molecule has 6 nitrogen and oxygen atoms in total. The van der Waals surface area contributed by atoms with Gasteiger partial charge in [-0.25, -0.2) is 0 Å². The minimum absolute atomic E-state index is 0.106. The third-order valence-electron chi connectivity index (χ3n) is 3.92. The van der Waals surface area contributed by atoms with E-state index in [1.54, 1.807) is 30.3 Å². The predicted molar refractivity (Wildman–Crippen MR) is 106 cm³/mol. The maximum absolute atomic E-state index is 12.4. The zero-order valence-corrected chi connectivity index (χ0v) is 15.4. The molecule has 1 aromatic heterocycles. The Bertz CT molecular complexity index is 1060. The maximum Gasteiger partial charge on any atom is 0.274 e. The Hall–Kier alpha value is -3.69. The third kappa shape index (κ3) is 4.72. The number of rotatable bonds is 5. The van der Waals surface area contributed by atoms with Crippen molar-refractivity contribution in [3.05, 3.63) is 94.3 Å². The number of hydrogen-bond donors (Lipinski definition) is 2. The first-order valence-electron chi connectivity index (χ1n) is 8.36. The number of carbonyl (C=O) groups excluding carboxylic acids is 2. The lowest BCUT2D eigenvalue weighted by molar-refractivity contribution is 0.0951. The maximum atomic E-state index is 12.4. The predicted octanol–water partition coefficient (Wildman–Crippen LogP) is 3.79. The van der Waals surface area contributed by atoms with E-state index >= 15 is 0 Å². The van der Waals surface area contributed by atoms with E-state index in [9.17, 15) is 9.59 Å². The summed E-state index contributed by atoms with van der Waals surface area (Å²) in [5.41, 5.74) is 2.24. The van der Waals surface area contributed by atoms with E-state index in [2.05, 4.69) is 15.6 Å². The number of halogens is 1. The zero-order valence-electron chi connectivity index (χ0n) is 14.6. The van der Waals surface area contributed by atoms with Crippen LogP contribution in [0.25, 0.3) is 0 Å². The molecule has 2 N–H and O–H groups in total. The van der Waals surface area contributed by atoms with Crippen LogP contribution in [0.5, 0.6) is 0 Å². The summed E-state index contributed by atoms with van der Waals surface area (Å²) >= 11 is 6.08. The Labute approximate surface area is 166 Å². The smallest absolute Gasteiger partial charge is 0.274 e. The Morgan fingerprint density at radius 1 is 1.04 bits per heavy atom. The number of amides is 2. The Morgan fingerprint density at radius 2 is 1.79 bits per heavy atom. The lowest BCUT2D eigenvalue weighted by Crippen LogP contribution is -2.24. The van der Waals surface area contributed by atoms with Crippen molar-refractivity contribution in [2.75, 3.05) is 5.32 Å². The molecule has 7 heteroatoms. The van der Waals surface area contributed by atoms with Crippen LogP contribution in [0, 0.1) is 11.3 Å². The van der Waals surface area contributed by atoms with Crippen LogP contribution < -0.4 is 10.6 Å². The van der Waals surface area contributed by atoms with Gasteiger partial charge in [-0.1, -0.05) is 29.8 Å². The fourth-order valence-corrected chi connectivity index (χ4v) is 2.64. The molecule has 0 aliphatic carbocycles. The van der Waals surface area contributed by atoms with Crippen molar-refractivity contribution in [1.29, 1.82) is 5.26 Å². The molecule has 1 heterocycles. The monoisotopic (exact) mass is 390 g/mol.